The summed E-state index contributed by atoms with van der Waals surface area (Å²) in [6, 6.07) is 23.7. The summed E-state index contributed by atoms with van der Waals surface area (Å²) in [7, 11) is 7.95. The van der Waals surface area contributed by atoms with Crippen molar-refractivity contribution in [2.75, 3.05) is 72.3 Å². The van der Waals surface area contributed by atoms with Gasteiger partial charge in [0.2, 0.25) is 0 Å². The molecule has 0 atom stereocenters. The molecule has 418 valence electrons. The van der Waals surface area contributed by atoms with E-state index in [0.29, 0.717) is 116 Å². The topological polar surface area (TPSA) is 258 Å². The van der Waals surface area contributed by atoms with Crippen LogP contribution in [0.4, 0.5) is 34.4 Å². The SMILES string of the molecule is COc1cc(OC)c(Cl)c(Nc2ncccc2-c2cc(Cc3ccc(OC4CN(C)C4)cc3[N+](=O)[O-])ncn2)c1Cl.COc1cc(OC)c(Cl)c(Nc2ncccc2-c2cc(Cc3ccc(OC4CNC4)cc3[N+](=O)[O-])ncn2)c1Cl. The van der Waals surface area contributed by atoms with E-state index in [1.807, 2.05) is 19.2 Å². The Bertz CT molecular complexity index is 3580. The molecule has 3 N–H and O–H groups in total. The van der Waals surface area contributed by atoms with Crippen molar-refractivity contribution in [1.29, 1.82) is 0 Å². The standard InChI is InChI=1S/C28H26Cl2N6O5.C27H24Cl2N6O5/c1-35-13-19(14-35)41-18-7-6-16(22(11-18)36(37)38)9-17-10-21(33-15-32-17)20-5-4-8-31-28(20)34-27-25(29)23(39-2)12-24(40-3)26(27)30;1-38-22-11-23(39-2)25(29)26(24(22)28)34-27-19(4-3-7-31-27)20-9-16(32-14-33-20)8-15-5-6-17(10-21(15)35(36)37)40-18-12-30-13-18/h4-8,10-12,15,19H,9,13-14H2,1-3H3,(H,31,34);3-7,9-11,14,18,30H,8,12-13H2,1-2H3,(H,31,34). The van der Waals surface area contributed by atoms with Crippen molar-refractivity contribution in [3.63, 3.8) is 0 Å². The van der Waals surface area contributed by atoms with E-state index in [2.05, 4.69) is 50.8 Å². The smallest absolute Gasteiger partial charge is 0.276 e. The van der Waals surface area contributed by atoms with Crippen LogP contribution in [0.3, 0.4) is 0 Å². The fourth-order valence-corrected chi connectivity index (χ4v) is 9.83. The molecule has 0 amide bonds. The van der Waals surface area contributed by atoms with Gasteiger partial charge >= 0.3 is 0 Å². The highest BCUT2D eigenvalue weighted by atomic mass is 35.5. The lowest BCUT2D eigenvalue weighted by atomic mass is 10.0. The molecule has 6 heterocycles. The minimum atomic E-state index is -0.414. The van der Waals surface area contributed by atoms with Crippen molar-refractivity contribution in [2.45, 2.75) is 25.0 Å². The van der Waals surface area contributed by atoms with Gasteiger partial charge in [0.1, 0.15) is 91.1 Å². The number of anilines is 4. The minimum absolute atomic E-state index is 0.0139. The number of benzene rings is 4. The lowest BCUT2D eigenvalue weighted by Crippen LogP contribution is -2.51. The maximum absolute atomic E-state index is 11.9. The summed E-state index contributed by atoms with van der Waals surface area (Å²) in [6.45, 7) is 3.00. The average Bonchev–Trinajstić information content (AvgIpc) is 3.47. The monoisotopic (exact) mass is 1180 g/mol. The van der Waals surface area contributed by atoms with Crippen molar-refractivity contribution in [3.05, 3.63) is 173 Å². The molecule has 2 saturated heterocycles. The van der Waals surface area contributed by atoms with Crippen molar-refractivity contribution in [2.24, 2.45) is 0 Å². The van der Waals surface area contributed by atoms with E-state index in [4.69, 9.17) is 74.8 Å². The van der Waals surface area contributed by atoms with Gasteiger partial charge in [0.15, 0.2) is 0 Å². The number of halogens is 4. The van der Waals surface area contributed by atoms with E-state index in [0.717, 1.165) is 13.1 Å². The molecule has 2 fully saturated rings. The van der Waals surface area contributed by atoms with Crippen LogP contribution >= 0.6 is 46.4 Å². The van der Waals surface area contributed by atoms with E-state index >= 15 is 0 Å². The number of nitrogens with one attached hydrogen (secondary N) is 3. The number of nitro groups is 2. The second kappa shape index (κ2) is 25.8. The Labute approximate surface area is 483 Å². The number of pyridine rings is 2. The second-order valence-corrected chi connectivity index (χ2v) is 19.7. The number of nitro benzene ring substituents is 2. The van der Waals surface area contributed by atoms with Crippen molar-refractivity contribution < 1.29 is 38.3 Å². The molecular weight excluding hydrogens is 1130 g/mol. The summed E-state index contributed by atoms with van der Waals surface area (Å²) >= 11 is 26.2. The summed E-state index contributed by atoms with van der Waals surface area (Å²) in [4.78, 5) is 51.5. The Balaban J connectivity index is 0.000000196. The van der Waals surface area contributed by atoms with E-state index in [-0.39, 0.29) is 56.5 Å². The highest BCUT2D eigenvalue weighted by molar-refractivity contribution is 6.42. The summed E-state index contributed by atoms with van der Waals surface area (Å²) in [5.74, 6) is 3.26. The lowest BCUT2D eigenvalue weighted by Gasteiger charge is -2.35. The number of ether oxygens (including phenoxy) is 6. The van der Waals surface area contributed by atoms with Crippen molar-refractivity contribution in [1.82, 2.24) is 40.1 Å². The Morgan fingerprint density at radius 1 is 0.568 bits per heavy atom. The van der Waals surface area contributed by atoms with Crippen LogP contribution in [0.2, 0.25) is 20.1 Å². The number of aromatic nitrogens is 6. The summed E-state index contributed by atoms with van der Waals surface area (Å²) in [5, 5.41) is 34.2. The number of hydrogen-bond acceptors (Lipinski definition) is 20. The molecule has 10 rings (SSSR count). The van der Waals surface area contributed by atoms with E-state index < -0.39 is 9.85 Å². The highest BCUT2D eigenvalue weighted by Gasteiger charge is 2.28. The van der Waals surface area contributed by atoms with Crippen LogP contribution in [0, 0.1) is 20.2 Å². The molecule has 4 aromatic carbocycles. The van der Waals surface area contributed by atoms with Gasteiger partial charge in [-0.1, -0.05) is 46.4 Å². The molecule has 0 radical (unpaired) electrons. The molecule has 8 aromatic rings. The van der Waals surface area contributed by atoms with E-state index in [1.165, 1.54) is 53.2 Å². The second-order valence-electron chi connectivity index (χ2n) is 18.2. The zero-order valence-electron chi connectivity index (χ0n) is 43.9. The first kappa shape index (κ1) is 57.3. The van der Waals surface area contributed by atoms with Crippen LogP contribution in [0.1, 0.15) is 22.5 Å². The third kappa shape index (κ3) is 13.3. The van der Waals surface area contributed by atoms with Crippen LogP contribution in [-0.2, 0) is 12.8 Å². The number of hydrogen-bond donors (Lipinski definition) is 3. The molecule has 26 heteroatoms. The van der Waals surface area contributed by atoms with Gasteiger partial charge < -0.3 is 44.4 Å². The van der Waals surface area contributed by atoms with Gasteiger partial charge in [-0.3, -0.25) is 25.1 Å². The molecule has 2 aliphatic heterocycles. The molecule has 0 aliphatic carbocycles. The van der Waals surface area contributed by atoms with Gasteiger partial charge in [-0.05, 0) is 67.7 Å². The first-order valence-electron chi connectivity index (χ1n) is 24.7. The van der Waals surface area contributed by atoms with Crippen LogP contribution in [0.15, 0.2) is 110 Å². The van der Waals surface area contributed by atoms with E-state index in [1.54, 1.807) is 73.1 Å². The van der Waals surface area contributed by atoms with Gasteiger partial charge in [0.05, 0.1) is 73.2 Å². The lowest BCUT2D eigenvalue weighted by molar-refractivity contribution is -0.385. The first-order chi connectivity index (χ1) is 39.1. The molecule has 0 unspecified atom stereocenters. The normalized spacial score (nSPS) is 13.1. The van der Waals surface area contributed by atoms with Gasteiger partial charge in [-0.25, -0.2) is 29.9 Å². The minimum Gasteiger partial charge on any atom is -0.495 e. The fraction of sp³-hybridized carbons (Fsp3) is 0.236. The number of likely N-dealkylation sites (tertiary alicyclic amines) is 1. The Morgan fingerprint density at radius 3 is 1.33 bits per heavy atom. The number of methoxy groups -OCH3 is 4. The van der Waals surface area contributed by atoms with Gasteiger partial charge in [0.25, 0.3) is 11.4 Å². The Hall–Kier alpha value is -8.38. The third-order valence-corrected chi connectivity index (χ3v) is 14.4. The summed E-state index contributed by atoms with van der Waals surface area (Å²) in [6.07, 6.45) is 6.51. The Morgan fingerprint density at radius 2 is 0.975 bits per heavy atom. The number of rotatable bonds is 20. The molecular formula is C55H50Cl4N12O10. The largest absolute Gasteiger partial charge is 0.495 e. The quantitative estimate of drug-likeness (QED) is 0.0473. The molecule has 22 nitrogen and oxygen atoms in total. The average molecular weight is 1180 g/mol. The van der Waals surface area contributed by atoms with Crippen LogP contribution in [0.5, 0.6) is 34.5 Å². The zero-order chi connectivity index (χ0) is 57.3. The number of nitrogens with zero attached hydrogens (tertiary/aromatic N) is 9. The molecule has 81 heavy (non-hydrogen) atoms. The van der Waals surface area contributed by atoms with Gasteiger partial charge in [0, 0.05) is 97.2 Å². The van der Waals surface area contributed by atoms with Crippen LogP contribution in [-0.4, -0.2) is 119 Å². The first-order valence-corrected chi connectivity index (χ1v) is 26.2. The molecule has 0 bridgehead atoms. The summed E-state index contributed by atoms with van der Waals surface area (Å²) < 4.78 is 33.1. The molecule has 2 aliphatic rings. The molecule has 0 saturated carbocycles. The Kier molecular flexibility index (Phi) is 18.3. The predicted octanol–water partition coefficient (Wildman–Crippen LogP) is 11.3. The van der Waals surface area contributed by atoms with Crippen molar-refractivity contribution >= 4 is 80.8 Å². The maximum Gasteiger partial charge on any atom is 0.276 e. The van der Waals surface area contributed by atoms with Crippen molar-refractivity contribution in [3.8, 4) is 57.0 Å². The number of likely N-dealkylation sites (N-methyl/N-ethyl adjacent to an activating group) is 1. The molecule has 4 aromatic heterocycles. The maximum atomic E-state index is 11.9. The van der Waals surface area contributed by atoms with E-state index in [9.17, 15) is 20.2 Å². The summed E-state index contributed by atoms with van der Waals surface area (Å²) in [5.41, 5.74) is 5.16. The van der Waals surface area contributed by atoms with Gasteiger partial charge in [-0.2, -0.15) is 0 Å². The highest BCUT2D eigenvalue weighted by Crippen LogP contribution is 2.47. The molecule has 0 spiro atoms. The van der Waals surface area contributed by atoms with Crippen LogP contribution < -0.4 is 44.4 Å². The van der Waals surface area contributed by atoms with Crippen LogP contribution in [0.25, 0.3) is 22.5 Å². The fourth-order valence-electron chi connectivity index (χ4n) is 8.64. The zero-order valence-corrected chi connectivity index (χ0v) is 46.9. The predicted molar refractivity (Wildman–Crippen MR) is 307 cm³/mol. The third-order valence-electron chi connectivity index (χ3n) is 12.9. The van der Waals surface area contributed by atoms with Gasteiger partial charge in [-0.15, -0.1) is 0 Å².